The van der Waals surface area contributed by atoms with Crippen LogP contribution >= 0.6 is 15.9 Å². The Balaban J connectivity index is 2.25. The summed E-state index contributed by atoms with van der Waals surface area (Å²) in [5.41, 5.74) is 0.504. The van der Waals surface area contributed by atoms with Gasteiger partial charge in [0.15, 0.2) is 0 Å². The molecule has 4 nitrogen and oxygen atoms in total. The van der Waals surface area contributed by atoms with Crippen LogP contribution in [0.1, 0.15) is 30.1 Å². The van der Waals surface area contributed by atoms with Crippen molar-refractivity contribution in [3.05, 3.63) is 24.3 Å². The molecule has 0 saturated carbocycles. The Morgan fingerprint density at radius 2 is 2.20 bits per heavy atom. The zero-order valence-electron chi connectivity index (χ0n) is 8.61. The van der Waals surface area contributed by atoms with Crippen molar-refractivity contribution < 1.29 is 4.79 Å². The van der Waals surface area contributed by atoms with Crippen molar-refractivity contribution in [3.63, 3.8) is 0 Å². The van der Waals surface area contributed by atoms with E-state index >= 15 is 0 Å². The first-order valence-electron chi connectivity index (χ1n) is 4.87. The van der Waals surface area contributed by atoms with Gasteiger partial charge in [0, 0.05) is 23.8 Å². The summed E-state index contributed by atoms with van der Waals surface area (Å²) in [6.45, 7) is 2.77. The molecule has 1 amide bonds. The molecule has 0 aromatic carbocycles. The second kappa shape index (κ2) is 6.50. The first-order chi connectivity index (χ1) is 7.20. The van der Waals surface area contributed by atoms with Crippen LogP contribution in [0.5, 0.6) is 0 Å². The van der Waals surface area contributed by atoms with Crippen molar-refractivity contribution in [2.75, 3.05) is 6.54 Å². The zero-order chi connectivity index (χ0) is 11.1. The Kier molecular flexibility index (Phi) is 5.25. The number of carbonyl (C=O) groups excluding carboxylic acids is 1. The van der Waals surface area contributed by atoms with Gasteiger partial charge in [0.1, 0.15) is 6.33 Å². The lowest BCUT2D eigenvalue weighted by Gasteiger charge is -2.05. The van der Waals surface area contributed by atoms with Gasteiger partial charge in [-0.15, -0.1) is 0 Å². The molecule has 0 aliphatic rings. The van der Waals surface area contributed by atoms with Crippen molar-refractivity contribution in [2.24, 2.45) is 0 Å². The minimum absolute atomic E-state index is 0.113. The van der Waals surface area contributed by atoms with Crippen LogP contribution in [0.2, 0.25) is 0 Å². The molecule has 82 valence electrons. The molecule has 0 aliphatic carbocycles. The Hall–Kier alpha value is -0.970. The Bertz CT molecular complexity index is 303. The molecule has 0 aliphatic heterocycles. The van der Waals surface area contributed by atoms with Gasteiger partial charge in [0.05, 0.1) is 5.56 Å². The van der Waals surface area contributed by atoms with Crippen molar-refractivity contribution in [1.82, 2.24) is 15.3 Å². The molecule has 0 fully saturated rings. The average molecular weight is 272 g/mol. The summed E-state index contributed by atoms with van der Waals surface area (Å²) >= 11 is 3.45. The molecule has 5 heteroatoms. The predicted molar refractivity (Wildman–Crippen MR) is 62.0 cm³/mol. The minimum atomic E-state index is -0.113. The summed E-state index contributed by atoms with van der Waals surface area (Å²) in [7, 11) is 0. The minimum Gasteiger partial charge on any atom is -0.352 e. The molecule has 15 heavy (non-hydrogen) atoms. The maximum absolute atomic E-state index is 11.5. The normalized spacial score (nSPS) is 12.1. The third kappa shape index (κ3) is 4.88. The third-order valence-electron chi connectivity index (χ3n) is 1.89. The van der Waals surface area contributed by atoms with E-state index in [9.17, 15) is 4.79 Å². The second-order valence-corrected chi connectivity index (χ2v) is 4.87. The maximum atomic E-state index is 11.5. The fraction of sp³-hybridized carbons (Fsp3) is 0.500. The molecule has 0 radical (unpaired) electrons. The molecule has 0 saturated heterocycles. The molecule has 1 aromatic rings. The van der Waals surface area contributed by atoms with Crippen molar-refractivity contribution in [3.8, 4) is 0 Å². The third-order valence-corrected chi connectivity index (χ3v) is 2.34. The highest BCUT2D eigenvalue weighted by Crippen LogP contribution is 2.05. The molecule has 0 spiro atoms. The van der Waals surface area contributed by atoms with E-state index in [1.54, 1.807) is 0 Å². The van der Waals surface area contributed by atoms with Gasteiger partial charge in [-0.2, -0.15) is 0 Å². The topological polar surface area (TPSA) is 54.9 Å². The van der Waals surface area contributed by atoms with Gasteiger partial charge in [-0.3, -0.25) is 4.79 Å². The van der Waals surface area contributed by atoms with Crippen LogP contribution in [0.4, 0.5) is 0 Å². The van der Waals surface area contributed by atoms with Crippen molar-refractivity contribution >= 4 is 21.8 Å². The highest BCUT2D eigenvalue weighted by molar-refractivity contribution is 9.09. The van der Waals surface area contributed by atoms with Gasteiger partial charge >= 0.3 is 0 Å². The van der Waals surface area contributed by atoms with Crippen LogP contribution in [0.25, 0.3) is 0 Å². The number of rotatable bonds is 5. The van der Waals surface area contributed by atoms with Crippen LogP contribution in [-0.2, 0) is 0 Å². The molecule has 1 rings (SSSR count). The standard InChI is InChI=1S/C10H14BrN3O/c1-8(11)3-2-4-14-10(15)9-5-12-7-13-6-9/h5-8H,2-4H2,1H3,(H,14,15). The smallest absolute Gasteiger partial charge is 0.254 e. The second-order valence-electron chi connectivity index (χ2n) is 3.31. The van der Waals surface area contributed by atoms with Gasteiger partial charge in [-0.25, -0.2) is 9.97 Å². The Labute approximate surface area is 97.6 Å². The number of hydrogen-bond acceptors (Lipinski definition) is 3. The largest absolute Gasteiger partial charge is 0.352 e. The first-order valence-corrected chi connectivity index (χ1v) is 5.79. The number of nitrogens with one attached hydrogen (secondary N) is 1. The van der Waals surface area contributed by atoms with E-state index in [4.69, 9.17) is 0 Å². The van der Waals surface area contributed by atoms with Crippen LogP contribution < -0.4 is 5.32 Å². The van der Waals surface area contributed by atoms with E-state index in [0.29, 0.717) is 16.9 Å². The van der Waals surface area contributed by atoms with E-state index in [1.807, 2.05) is 0 Å². The lowest BCUT2D eigenvalue weighted by Crippen LogP contribution is -2.24. The average Bonchev–Trinajstić information content (AvgIpc) is 2.25. The van der Waals surface area contributed by atoms with E-state index < -0.39 is 0 Å². The predicted octanol–water partition coefficient (Wildman–Crippen LogP) is 1.77. The molecule has 1 N–H and O–H groups in total. The summed E-state index contributed by atoms with van der Waals surface area (Å²) in [4.78, 5) is 19.5. The van der Waals surface area contributed by atoms with Gasteiger partial charge < -0.3 is 5.32 Å². The number of halogens is 1. The van der Waals surface area contributed by atoms with Gasteiger partial charge in [-0.1, -0.05) is 22.9 Å². The molecular formula is C10H14BrN3O. The number of alkyl halides is 1. The van der Waals surface area contributed by atoms with Crippen LogP contribution in [0, 0.1) is 0 Å². The van der Waals surface area contributed by atoms with Crippen molar-refractivity contribution in [2.45, 2.75) is 24.6 Å². The molecule has 0 bridgehead atoms. The molecular weight excluding hydrogens is 258 g/mol. The summed E-state index contributed by atoms with van der Waals surface area (Å²) in [5, 5.41) is 2.81. The van der Waals surface area contributed by atoms with Crippen LogP contribution in [-0.4, -0.2) is 27.2 Å². The van der Waals surface area contributed by atoms with Crippen LogP contribution in [0.3, 0.4) is 0 Å². The van der Waals surface area contributed by atoms with Gasteiger partial charge in [0.25, 0.3) is 5.91 Å². The van der Waals surface area contributed by atoms with Gasteiger partial charge in [0.2, 0.25) is 0 Å². The summed E-state index contributed by atoms with van der Waals surface area (Å²) < 4.78 is 0. The van der Waals surface area contributed by atoms with Gasteiger partial charge in [-0.05, 0) is 12.8 Å². The van der Waals surface area contributed by atoms with Crippen molar-refractivity contribution in [1.29, 1.82) is 0 Å². The number of carbonyl (C=O) groups is 1. The highest BCUT2D eigenvalue weighted by Gasteiger charge is 2.04. The fourth-order valence-electron chi connectivity index (χ4n) is 1.10. The van der Waals surface area contributed by atoms with Crippen LogP contribution in [0.15, 0.2) is 18.7 Å². The Morgan fingerprint density at radius 1 is 1.53 bits per heavy atom. The number of aromatic nitrogens is 2. The lowest BCUT2D eigenvalue weighted by atomic mass is 10.2. The summed E-state index contributed by atoms with van der Waals surface area (Å²) in [6, 6.07) is 0. The van der Waals surface area contributed by atoms with E-state index in [-0.39, 0.29) is 5.91 Å². The maximum Gasteiger partial charge on any atom is 0.254 e. The van der Waals surface area contributed by atoms with E-state index in [2.05, 4.69) is 38.1 Å². The SMILES string of the molecule is CC(Br)CCCNC(=O)c1cncnc1. The first kappa shape index (κ1) is 12.1. The summed E-state index contributed by atoms with van der Waals surface area (Å²) in [6.07, 6.45) is 6.44. The lowest BCUT2D eigenvalue weighted by molar-refractivity contribution is 0.0952. The zero-order valence-corrected chi connectivity index (χ0v) is 10.2. The Morgan fingerprint density at radius 3 is 2.80 bits per heavy atom. The molecule has 1 heterocycles. The number of amides is 1. The summed E-state index contributed by atoms with van der Waals surface area (Å²) in [5.74, 6) is -0.113. The highest BCUT2D eigenvalue weighted by atomic mass is 79.9. The van der Waals surface area contributed by atoms with E-state index in [1.165, 1.54) is 18.7 Å². The number of nitrogens with zero attached hydrogens (tertiary/aromatic N) is 2. The quantitative estimate of drug-likeness (QED) is 0.656. The monoisotopic (exact) mass is 271 g/mol. The molecule has 1 atom stereocenters. The fourth-order valence-corrected chi connectivity index (χ4v) is 1.43. The number of hydrogen-bond donors (Lipinski definition) is 1. The molecule has 1 aromatic heterocycles. The molecule has 1 unspecified atom stereocenters. The van der Waals surface area contributed by atoms with E-state index in [0.717, 1.165) is 12.8 Å².